The molecule has 8 heteroatoms. The van der Waals surface area contributed by atoms with Crippen molar-refractivity contribution in [2.45, 2.75) is 43.8 Å². The van der Waals surface area contributed by atoms with Crippen molar-refractivity contribution in [2.24, 2.45) is 7.05 Å². The Kier molecular flexibility index (Phi) is 4.13. The van der Waals surface area contributed by atoms with E-state index in [1.54, 1.807) is 11.6 Å². The molecule has 0 spiro atoms. The van der Waals surface area contributed by atoms with Gasteiger partial charge in [-0.25, -0.2) is 4.79 Å². The van der Waals surface area contributed by atoms with Crippen molar-refractivity contribution in [1.29, 1.82) is 0 Å². The number of imide groups is 1. The highest BCUT2D eigenvalue weighted by atomic mass is 16.2. The average Bonchev–Trinajstić information content (AvgIpc) is 3.36. The smallest absolute Gasteiger partial charge is 0.311 e. The first-order valence-electron chi connectivity index (χ1n) is 10.0. The zero-order valence-corrected chi connectivity index (χ0v) is 16.0. The third-order valence-corrected chi connectivity index (χ3v) is 6.53. The van der Waals surface area contributed by atoms with Gasteiger partial charge in [0.05, 0.1) is 11.0 Å². The molecule has 3 fully saturated rings. The highest BCUT2D eigenvalue weighted by molar-refractivity contribution is 6.00. The number of aromatic nitrogens is 2. The average molecular weight is 383 g/mol. The molecular weight excluding hydrogens is 358 g/mol. The van der Waals surface area contributed by atoms with Crippen molar-refractivity contribution < 1.29 is 9.59 Å². The maximum Gasteiger partial charge on any atom is 0.329 e. The second kappa shape index (κ2) is 6.56. The van der Waals surface area contributed by atoms with Crippen molar-refractivity contribution in [3.63, 3.8) is 0 Å². The quantitative estimate of drug-likeness (QED) is 0.721. The molecule has 3 aliphatic heterocycles. The molecule has 3 atom stereocenters. The number of nitrogens with one attached hydrogen (secondary N) is 2. The van der Waals surface area contributed by atoms with E-state index in [1.807, 2.05) is 6.07 Å². The number of aryl methyl sites for hydroxylation is 1. The van der Waals surface area contributed by atoms with Crippen molar-refractivity contribution in [2.75, 3.05) is 19.6 Å². The van der Waals surface area contributed by atoms with Crippen LogP contribution in [0.2, 0.25) is 0 Å². The molecule has 1 aromatic carbocycles. The Balaban J connectivity index is 1.41. The third kappa shape index (κ3) is 2.79. The van der Waals surface area contributed by atoms with Gasteiger partial charge in [0.25, 0.3) is 0 Å². The van der Waals surface area contributed by atoms with Crippen molar-refractivity contribution >= 4 is 22.8 Å². The van der Waals surface area contributed by atoms with E-state index in [0.29, 0.717) is 18.5 Å². The van der Waals surface area contributed by atoms with Crippen LogP contribution in [-0.2, 0) is 23.1 Å². The van der Waals surface area contributed by atoms with E-state index >= 15 is 0 Å². The first-order chi connectivity index (χ1) is 13.5. The predicted octanol–water partition coefficient (Wildman–Crippen LogP) is -0.0937. The van der Waals surface area contributed by atoms with Gasteiger partial charge in [0.15, 0.2) is 0 Å². The minimum atomic E-state index is -0.632. The van der Waals surface area contributed by atoms with E-state index in [-0.39, 0.29) is 18.0 Å². The molecule has 2 amide bonds. The van der Waals surface area contributed by atoms with Crippen LogP contribution < -0.4 is 16.3 Å². The Hall–Kier alpha value is -2.45. The van der Waals surface area contributed by atoms with Crippen LogP contribution in [0.25, 0.3) is 11.0 Å². The molecule has 148 valence electrons. The molecular formula is C20H25N5O3. The van der Waals surface area contributed by atoms with Gasteiger partial charge in [0.1, 0.15) is 6.04 Å². The van der Waals surface area contributed by atoms with Crippen LogP contribution in [0, 0.1) is 0 Å². The number of benzene rings is 1. The molecule has 2 bridgehead atoms. The molecule has 2 aromatic rings. The van der Waals surface area contributed by atoms with Crippen LogP contribution in [0.4, 0.5) is 0 Å². The Morgan fingerprint density at radius 3 is 2.75 bits per heavy atom. The van der Waals surface area contributed by atoms with Crippen LogP contribution in [0.15, 0.2) is 23.0 Å². The lowest BCUT2D eigenvalue weighted by Gasteiger charge is -2.27. The number of piperazine rings is 1. The van der Waals surface area contributed by atoms with Gasteiger partial charge in [-0.1, -0.05) is 6.07 Å². The van der Waals surface area contributed by atoms with Gasteiger partial charge in [-0.15, -0.1) is 0 Å². The van der Waals surface area contributed by atoms with E-state index in [0.717, 1.165) is 37.1 Å². The fraction of sp³-hybridized carbons (Fsp3) is 0.550. The maximum atomic E-state index is 12.8. The van der Waals surface area contributed by atoms with E-state index in [4.69, 9.17) is 0 Å². The molecule has 0 saturated carbocycles. The molecule has 28 heavy (non-hydrogen) atoms. The summed E-state index contributed by atoms with van der Waals surface area (Å²) in [6, 6.07) is 6.73. The summed E-state index contributed by atoms with van der Waals surface area (Å²) in [6.07, 6.45) is 2.81. The number of imidazole rings is 1. The number of hydrogen-bond acceptors (Lipinski definition) is 5. The van der Waals surface area contributed by atoms with Gasteiger partial charge in [-0.05, 0) is 37.0 Å². The largest absolute Gasteiger partial charge is 0.329 e. The number of fused-ring (bicyclic) bond motifs is 3. The lowest BCUT2D eigenvalue weighted by molar-refractivity contribution is -0.135. The molecule has 0 radical (unpaired) electrons. The highest BCUT2D eigenvalue weighted by Gasteiger charge is 2.37. The summed E-state index contributed by atoms with van der Waals surface area (Å²) in [5.74, 6) is -0.671. The van der Waals surface area contributed by atoms with Crippen LogP contribution in [-0.4, -0.2) is 57.6 Å². The van der Waals surface area contributed by atoms with Crippen molar-refractivity contribution in [1.82, 2.24) is 24.7 Å². The Morgan fingerprint density at radius 1 is 1.18 bits per heavy atom. The highest BCUT2D eigenvalue weighted by Crippen LogP contribution is 2.25. The van der Waals surface area contributed by atoms with E-state index in [1.165, 1.54) is 16.6 Å². The molecule has 1 aromatic heterocycles. The topological polar surface area (TPSA) is 88.4 Å². The third-order valence-electron chi connectivity index (χ3n) is 6.53. The molecule has 8 nitrogen and oxygen atoms in total. The zero-order chi connectivity index (χ0) is 19.4. The lowest BCUT2D eigenvalue weighted by Crippen LogP contribution is -2.44. The van der Waals surface area contributed by atoms with E-state index < -0.39 is 11.9 Å². The van der Waals surface area contributed by atoms with Gasteiger partial charge in [0, 0.05) is 45.2 Å². The van der Waals surface area contributed by atoms with Crippen molar-refractivity contribution in [3.8, 4) is 0 Å². The zero-order valence-electron chi connectivity index (χ0n) is 16.0. The summed E-state index contributed by atoms with van der Waals surface area (Å²) >= 11 is 0. The molecule has 5 rings (SSSR count). The van der Waals surface area contributed by atoms with E-state index in [9.17, 15) is 14.4 Å². The Morgan fingerprint density at radius 2 is 2.04 bits per heavy atom. The number of hydrogen-bond donors (Lipinski definition) is 2. The molecule has 3 aliphatic rings. The first-order valence-corrected chi connectivity index (χ1v) is 10.0. The Bertz CT molecular complexity index is 1020. The van der Waals surface area contributed by atoms with Crippen LogP contribution in [0.3, 0.4) is 0 Å². The minimum absolute atomic E-state index is 0.218. The van der Waals surface area contributed by atoms with Crippen LogP contribution in [0.1, 0.15) is 30.9 Å². The molecule has 0 aliphatic carbocycles. The lowest BCUT2D eigenvalue weighted by atomic mass is 10.1. The van der Waals surface area contributed by atoms with Crippen molar-refractivity contribution in [3.05, 3.63) is 34.2 Å². The second-order valence-corrected chi connectivity index (χ2v) is 8.24. The summed E-state index contributed by atoms with van der Waals surface area (Å²) in [7, 11) is 1.74. The number of carbonyl (C=O) groups is 2. The Labute approximate surface area is 162 Å². The minimum Gasteiger partial charge on any atom is -0.311 e. The summed E-state index contributed by atoms with van der Waals surface area (Å²) in [5.41, 5.74) is 2.55. The van der Waals surface area contributed by atoms with Crippen LogP contribution >= 0.6 is 0 Å². The molecule has 2 N–H and O–H groups in total. The SMILES string of the molecule is Cn1c(=O)n(C2CCC(=O)NC2=O)c2ccc(CCN3C[C@@H]4C[C@H]3CN4)cc21. The number of likely N-dealkylation sites (tertiary alicyclic amines) is 1. The number of rotatable bonds is 4. The van der Waals surface area contributed by atoms with Gasteiger partial charge in [0.2, 0.25) is 11.8 Å². The van der Waals surface area contributed by atoms with Crippen LogP contribution in [0.5, 0.6) is 0 Å². The number of carbonyl (C=O) groups excluding carboxylic acids is 2. The normalized spacial score (nSPS) is 27.7. The first kappa shape index (κ1) is 17.6. The van der Waals surface area contributed by atoms with E-state index in [2.05, 4.69) is 27.7 Å². The second-order valence-electron chi connectivity index (χ2n) is 8.24. The molecule has 3 saturated heterocycles. The standard InChI is InChI=1S/C20H25N5O3/c1-23-17-8-12(6-7-24-11-13-9-14(24)10-21-13)2-3-15(17)25(20(23)28)16-4-5-18(26)22-19(16)27/h2-3,8,13-14,16,21H,4-7,9-11H2,1H3,(H,22,26,27)/t13-,14-,16?/m0/s1. The van der Waals surface area contributed by atoms with Gasteiger partial charge >= 0.3 is 5.69 Å². The summed E-state index contributed by atoms with van der Waals surface area (Å²) in [6.45, 7) is 3.24. The fourth-order valence-electron chi connectivity index (χ4n) is 4.99. The number of amides is 2. The summed E-state index contributed by atoms with van der Waals surface area (Å²) in [4.78, 5) is 39.1. The summed E-state index contributed by atoms with van der Waals surface area (Å²) < 4.78 is 3.14. The fourth-order valence-corrected chi connectivity index (χ4v) is 4.99. The van der Waals surface area contributed by atoms with Gasteiger partial charge in [-0.3, -0.25) is 28.9 Å². The van der Waals surface area contributed by atoms with Gasteiger partial charge < -0.3 is 5.32 Å². The number of nitrogens with zero attached hydrogens (tertiary/aromatic N) is 3. The monoisotopic (exact) mass is 383 g/mol. The van der Waals surface area contributed by atoms with Gasteiger partial charge in [-0.2, -0.15) is 0 Å². The maximum absolute atomic E-state index is 12.8. The number of piperidine rings is 1. The molecule has 1 unspecified atom stereocenters. The summed E-state index contributed by atoms with van der Waals surface area (Å²) in [5, 5.41) is 5.87. The predicted molar refractivity (Wildman–Crippen MR) is 104 cm³/mol. The molecule has 4 heterocycles.